The minimum atomic E-state index is 0.0485. The predicted molar refractivity (Wildman–Crippen MR) is 116 cm³/mol. The molecular formula is C22H28N4OS. The van der Waals surface area contributed by atoms with E-state index in [-0.39, 0.29) is 5.91 Å². The van der Waals surface area contributed by atoms with Crippen LogP contribution in [-0.4, -0.2) is 33.9 Å². The topological polar surface area (TPSA) is 61.0 Å². The molecule has 1 aliphatic heterocycles. The molecule has 4 rings (SSSR count). The average Bonchev–Trinajstić information content (AvgIpc) is 3.29. The van der Waals surface area contributed by atoms with E-state index in [1.165, 1.54) is 35.1 Å². The summed E-state index contributed by atoms with van der Waals surface area (Å²) in [6.45, 7) is 5.50. The van der Waals surface area contributed by atoms with Crippen molar-refractivity contribution in [1.82, 2.24) is 14.9 Å². The van der Waals surface area contributed by atoms with Crippen LogP contribution in [0.1, 0.15) is 43.9 Å². The number of aromatic amines is 1. The molecule has 1 saturated heterocycles. The number of nitrogens with one attached hydrogen (secondary N) is 2. The van der Waals surface area contributed by atoms with Crippen LogP contribution >= 0.6 is 11.3 Å². The van der Waals surface area contributed by atoms with E-state index in [1.807, 2.05) is 6.07 Å². The lowest BCUT2D eigenvalue weighted by atomic mass is 10.0. The van der Waals surface area contributed by atoms with E-state index in [0.717, 1.165) is 54.7 Å². The molecule has 0 aliphatic carbocycles. The molecule has 0 spiro atoms. The number of aromatic nitrogens is 2. The Bertz CT molecular complexity index is 931. The molecule has 1 fully saturated rings. The molecule has 1 aromatic carbocycles. The highest BCUT2D eigenvalue weighted by Crippen LogP contribution is 2.22. The summed E-state index contributed by atoms with van der Waals surface area (Å²) in [5.41, 5.74) is 3.49. The van der Waals surface area contributed by atoms with Gasteiger partial charge in [-0.25, -0.2) is 4.98 Å². The number of carbonyl (C=O) groups is 1. The van der Waals surface area contributed by atoms with Crippen LogP contribution < -0.4 is 5.32 Å². The Kier molecular flexibility index (Phi) is 6.07. The summed E-state index contributed by atoms with van der Waals surface area (Å²) in [5, 5.41) is 7.01. The zero-order valence-electron chi connectivity index (χ0n) is 16.4. The normalized spacial score (nSPS) is 17.8. The van der Waals surface area contributed by atoms with Crippen molar-refractivity contribution in [2.75, 3.05) is 18.4 Å². The SMILES string of the molecule is CC1CCCN(Cc2csc(NC(=O)CCCc3c[nH]c4ccccc34)n2)C1. The van der Waals surface area contributed by atoms with Gasteiger partial charge in [-0.1, -0.05) is 25.1 Å². The highest BCUT2D eigenvalue weighted by molar-refractivity contribution is 7.13. The van der Waals surface area contributed by atoms with E-state index in [1.54, 1.807) is 0 Å². The number of para-hydroxylation sites is 1. The third kappa shape index (κ3) is 4.80. The molecule has 1 amide bonds. The Balaban J connectivity index is 1.23. The van der Waals surface area contributed by atoms with Gasteiger partial charge in [-0.2, -0.15) is 0 Å². The first-order chi connectivity index (χ1) is 13.7. The number of piperidine rings is 1. The lowest BCUT2D eigenvalue weighted by Crippen LogP contribution is -2.33. The van der Waals surface area contributed by atoms with Gasteiger partial charge in [-0.15, -0.1) is 11.3 Å². The van der Waals surface area contributed by atoms with Gasteiger partial charge >= 0.3 is 0 Å². The lowest BCUT2D eigenvalue weighted by Gasteiger charge is -2.30. The van der Waals surface area contributed by atoms with Crippen LogP contribution in [0.3, 0.4) is 0 Å². The molecule has 28 heavy (non-hydrogen) atoms. The monoisotopic (exact) mass is 396 g/mol. The summed E-state index contributed by atoms with van der Waals surface area (Å²) in [7, 11) is 0. The van der Waals surface area contributed by atoms with Crippen LogP contribution in [0.4, 0.5) is 5.13 Å². The van der Waals surface area contributed by atoms with Crippen LogP contribution in [0.15, 0.2) is 35.8 Å². The highest BCUT2D eigenvalue weighted by atomic mass is 32.1. The van der Waals surface area contributed by atoms with Crippen LogP contribution in [0.5, 0.6) is 0 Å². The molecule has 1 unspecified atom stereocenters. The van der Waals surface area contributed by atoms with Crippen LogP contribution in [0, 0.1) is 5.92 Å². The molecule has 3 aromatic rings. The second-order valence-corrected chi connectivity index (χ2v) is 8.75. The zero-order valence-corrected chi connectivity index (χ0v) is 17.2. The number of aryl methyl sites for hydroxylation is 1. The predicted octanol–water partition coefficient (Wildman–Crippen LogP) is 4.82. The molecule has 2 N–H and O–H groups in total. The van der Waals surface area contributed by atoms with Gasteiger partial charge in [0, 0.05) is 42.0 Å². The molecule has 6 heteroatoms. The van der Waals surface area contributed by atoms with Crippen LogP contribution in [0.2, 0.25) is 0 Å². The fraction of sp³-hybridized carbons (Fsp3) is 0.455. The second kappa shape index (κ2) is 8.88. The van der Waals surface area contributed by atoms with Gasteiger partial charge in [0.2, 0.25) is 5.91 Å². The third-order valence-corrected chi connectivity index (χ3v) is 6.26. The molecule has 3 heterocycles. The Hall–Kier alpha value is -2.18. The van der Waals surface area contributed by atoms with E-state index in [4.69, 9.17) is 0 Å². The van der Waals surface area contributed by atoms with Gasteiger partial charge in [0.15, 0.2) is 5.13 Å². The number of benzene rings is 1. The van der Waals surface area contributed by atoms with Gasteiger partial charge in [-0.05, 0) is 49.8 Å². The van der Waals surface area contributed by atoms with Crippen molar-refractivity contribution < 1.29 is 4.79 Å². The van der Waals surface area contributed by atoms with Crippen molar-refractivity contribution in [3.05, 3.63) is 47.1 Å². The summed E-state index contributed by atoms with van der Waals surface area (Å²) in [6, 6.07) is 8.29. The Morgan fingerprint density at radius 2 is 2.29 bits per heavy atom. The van der Waals surface area contributed by atoms with Crippen molar-refractivity contribution in [3.8, 4) is 0 Å². The first kappa shape index (κ1) is 19.2. The van der Waals surface area contributed by atoms with Crippen molar-refractivity contribution >= 4 is 33.3 Å². The van der Waals surface area contributed by atoms with Gasteiger partial charge in [-0.3, -0.25) is 9.69 Å². The molecular weight excluding hydrogens is 368 g/mol. The summed E-state index contributed by atoms with van der Waals surface area (Å²) < 4.78 is 0. The molecule has 2 aromatic heterocycles. The molecule has 0 saturated carbocycles. The lowest BCUT2D eigenvalue weighted by molar-refractivity contribution is -0.116. The molecule has 1 aliphatic rings. The summed E-state index contributed by atoms with van der Waals surface area (Å²) in [5.74, 6) is 0.816. The van der Waals surface area contributed by atoms with Gasteiger partial charge in [0.05, 0.1) is 5.69 Å². The standard InChI is InChI=1S/C22H28N4OS/c1-16-6-5-11-26(13-16)14-18-15-28-22(24-18)25-21(27)10-4-7-17-12-23-20-9-3-2-8-19(17)20/h2-3,8-9,12,15-16,23H,4-7,10-11,13-14H2,1H3,(H,24,25,27). The number of hydrogen-bond acceptors (Lipinski definition) is 4. The highest BCUT2D eigenvalue weighted by Gasteiger charge is 2.17. The Morgan fingerprint density at radius 3 is 3.18 bits per heavy atom. The van der Waals surface area contributed by atoms with E-state index in [2.05, 4.69) is 56.9 Å². The maximum atomic E-state index is 12.3. The number of carbonyl (C=O) groups excluding carboxylic acids is 1. The molecule has 0 bridgehead atoms. The number of H-pyrrole nitrogens is 1. The smallest absolute Gasteiger partial charge is 0.226 e. The minimum Gasteiger partial charge on any atom is -0.361 e. The van der Waals surface area contributed by atoms with Crippen molar-refractivity contribution in [1.29, 1.82) is 0 Å². The largest absolute Gasteiger partial charge is 0.361 e. The van der Waals surface area contributed by atoms with E-state index in [0.29, 0.717) is 6.42 Å². The second-order valence-electron chi connectivity index (χ2n) is 7.89. The number of thiazole rings is 1. The van der Waals surface area contributed by atoms with Crippen molar-refractivity contribution in [3.63, 3.8) is 0 Å². The van der Waals surface area contributed by atoms with Crippen molar-refractivity contribution in [2.45, 2.75) is 45.6 Å². The number of fused-ring (bicyclic) bond motifs is 1. The third-order valence-electron chi connectivity index (χ3n) is 5.45. The average molecular weight is 397 g/mol. The fourth-order valence-corrected chi connectivity index (χ4v) is 4.77. The molecule has 5 nitrogen and oxygen atoms in total. The number of amides is 1. The number of nitrogens with zero attached hydrogens (tertiary/aromatic N) is 2. The number of anilines is 1. The molecule has 148 valence electrons. The summed E-state index contributed by atoms with van der Waals surface area (Å²) >= 11 is 1.53. The number of rotatable bonds is 7. The first-order valence-corrected chi connectivity index (χ1v) is 11.1. The van der Waals surface area contributed by atoms with Gasteiger partial charge < -0.3 is 10.3 Å². The van der Waals surface area contributed by atoms with E-state index in [9.17, 15) is 4.79 Å². The van der Waals surface area contributed by atoms with Crippen LogP contribution in [0.25, 0.3) is 10.9 Å². The zero-order chi connectivity index (χ0) is 19.3. The van der Waals surface area contributed by atoms with Crippen LogP contribution in [-0.2, 0) is 17.8 Å². The summed E-state index contributed by atoms with van der Waals surface area (Å²) in [6.07, 6.45) is 6.89. The minimum absolute atomic E-state index is 0.0485. The molecule has 0 radical (unpaired) electrons. The van der Waals surface area contributed by atoms with Gasteiger partial charge in [0.25, 0.3) is 0 Å². The fourth-order valence-electron chi connectivity index (χ4n) is 4.06. The van der Waals surface area contributed by atoms with Crippen molar-refractivity contribution in [2.24, 2.45) is 5.92 Å². The van der Waals surface area contributed by atoms with E-state index < -0.39 is 0 Å². The maximum Gasteiger partial charge on any atom is 0.226 e. The van der Waals surface area contributed by atoms with E-state index >= 15 is 0 Å². The van der Waals surface area contributed by atoms with Gasteiger partial charge in [0.1, 0.15) is 0 Å². The maximum absolute atomic E-state index is 12.3. The summed E-state index contributed by atoms with van der Waals surface area (Å²) in [4.78, 5) is 22.7. The Labute approximate surface area is 170 Å². The number of likely N-dealkylation sites (tertiary alicyclic amines) is 1. The molecule has 1 atom stereocenters. The quantitative estimate of drug-likeness (QED) is 0.602. The Morgan fingerprint density at radius 1 is 1.39 bits per heavy atom. The number of hydrogen-bond donors (Lipinski definition) is 2. The first-order valence-electron chi connectivity index (χ1n) is 10.2.